The van der Waals surface area contributed by atoms with E-state index < -0.39 is 5.60 Å². The fraction of sp³-hybridized carbons (Fsp3) is 0.647. The molecule has 21 heavy (non-hydrogen) atoms. The van der Waals surface area contributed by atoms with Gasteiger partial charge in [-0.3, -0.25) is 0 Å². The molecule has 3 nitrogen and oxygen atoms in total. The summed E-state index contributed by atoms with van der Waals surface area (Å²) in [6.45, 7) is 0.878. The molecule has 0 saturated heterocycles. The van der Waals surface area contributed by atoms with Crippen molar-refractivity contribution in [1.82, 2.24) is 4.90 Å². The Balaban J connectivity index is 0.00000220. The first-order chi connectivity index (χ1) is 9.55. The number of hydrogen-bond donors (Lipinski definition) is 1. The van der Waals surface area contributed by atoms with Crippen LogP contribution in [-0.4, -0.2) is 62.2 Å². The molecule has 4 heteroatoms. The van der Waals surface area contributed by atoms with Gasteiger partial charge in [0.1, 0.15) is 5.75 Å². The second kappa shape index (κ2) is 8.24. The summed E-state index contributed by atoms with van der Waals surface area (Å²) >= 11 is 0. The number of ether oxygens (including phenoxy) is 1. The van der Waals surface area contributed by atoms with E-state index in [-0.39, 0.29) is 24.8 Å². The van der Waals surface area contributed by atoms with E-state index in [1.807, 2.05) is 12.1 Å². The molecule has 1 unspecified atom stereocenters. The van der Waals surface area contributed by atoms with Crippen molar-refractivity contribution in [2.75, 3.05) is 27.7 Å². The van der Waals surface area contributed by atoms with E-state index in [9.17, 15) is 5.11 Å². The van der Waals surface area contributed by atoms with Crippen molar-refractivity contribution in [3.63, 3.8) is 0 Å². The number of methoxy groups -OCH3 is 1. The summed E-state index contributed by atoms with van der Waals surface area (Å²) in [6.07, 6.45) is 5.35. The van der Waals surface area contributed by atoms with Gasteiger partial charge in [0.25, 0.3) is 0 Å². The molecule has 1 aromatic rings. The molecule has 1 N–H and O–H groups in total. The molecule has 0 spiro atoms. The Kier molecular flexibility index (Phi) is 7.30. The van der Waals surface area contributed by atoms with Crippen LogP contribution in [0.4, 0.5) is 0 Å². The number of likely N-dealkylation sites (N-methyl/N-ethyl adjacent to an activating group) is 1. The molecule has 1 aliphatic rings. The molecule has 0 aliphatic heterocycles. The summed E-state index contributed by atoms with van der Waals surface area (Å²) in [5.74, 6) is 1.04. The summed E-state index contributed by atoms with van der Waals surface area (Å²) < 4.78 is 5.23. The van der Waals surface area contributed by atoms with Gasteiger partial charge in [-0.15, -0.1) is 0 Å². The number of nitrogens with zero attached hydrogens (tertiary/aromatic N) is 1. The van der Waals surface area contributed by atoms with Gasteiger partial charge in [0.05, 0.1) is 12.7 Å². The van der Waals surface area contributed by atoms with Gasteiger partial charge in [-0.1, -0.05) is 31.4 Å². The van der Waals surface area contributed by atoms with E-state index in [4.69, 9.17) is 4.74 Å². The predicted molar refractivity (Wildman–Crippen MR) is 89.5 cm³/mol. The molecule has 1 atom stereocenters. The summed E-state index contributed by atoms with van der Waals surface area (Å²) in [4.78, 5) is 2.17. The zero-order chi connectivity index (χ0) is 14.6. The van der Waals surface area contributed by atoms with Crippen molar-refractivity contribution >= 4 is 18.9 Å². The summed E-state index contributed by atoms with van der Waals surface area (Å²) in [6, 6.07) is 8.17. The molecule has 114 valence electrons. The minimum atomic E-state index is -0.558. The average molecular weight is 285 g/mol. The third-order valence-corrected chi connectivity index (χ3v) is 4.43. The Labute approximate surface area is 140 Å². The van der Waals surface area contributed by atoms with Crippen LogP contribution in [0.5, 0.6) is 5.75 Å². The van der Waals surface area contributed by atoms with Crippen molar-refractivity contribution in [2.24, 2.45) is 0 Å². The Bertz CT molecular complexity index is 413. The van der Waals surface area contributed by atoms with Crippen LogP contribution in [0.1, 0.15) is 43.6 Å². The second-order valence-electron chi connectivity index (χ2n) is 6.25. The monoisotopic (exact) mass is 285 g/mol. The topological polar surface area (TPSA) is 32.7 Å². The van der Waals surface area contributed by atoms with E-state index in [0.29, 0.717) is 0 Å². The van der Waals surface area contributed by atoms with Crippen molar-refractivity contribution in [2.45, 2.75) is 43.6 Å². The van der Waals surface area contributed by atoms with Crippen molar-refractivity contribution in [3.8, 4) is 5.75 Å². The van der Waals surface area contributed by atoms with Gasteiger partial charge in [0.15, 0.2) is 0 Å². The first kappa shape index (κ1) is 18.6. The van der Waals surface area contributed by atoms with Gasteiger partial charge in [-0.25, -0.2) is 0 Å². The molecule has 0 heterocycles. The molecule has 1 fully saturated rings. The van der Waals surface area contributed by atoms with Crippen molar-refractivity contribution in [3.05, 3.63) is 29.8 Å². The quantitative estimate of drug-likeness (QED) is 0.843. The number of aliphatic hydroxyl groups is 1. The van der Waals surface area contributed by atoms with Crippen LogP contribution in [-0.2, 0) is 0 Å². The van der Waals surface area contributed by atoms with Crippen LogP contribution in [0.15, 0.2) is 24.3 Å². The fourth-order valence-electron chi connectivity index (χ4n) is 3.30. The Morgan fingerprint density at radius 3 is 2.19 bits per heavy atom. The normalized spacial score (nSPS) is 18.9. The average Bonchev–Trinajstić information content (AvgIpc) is 2.45. The van der Waals surface area contributed by atoms with E-state index in [2.05, 4.69) is 31.1 Å². The molecule has 1 aliphatic carbocycles. The van der Waals surface area contributed by atoms with Crippen LogP contribution in [0.2, 0.25) is 0 Å². The van der Waals surface area contributed by atoms with E-state index in [1.165, 1.54) is 12.0 Å². The van der Waals surface area contributed by atoms with E-state index in [1.54, 1.807) is 7.11 Å². The molecule has 0 radical (unpaired) electrons. The molecule has 0 aromatic heterocycles. The molecule has 0 amide bonds. The van der Waals surface area contributed by atoms with E-state index in [0.717, 1.165) is 38.0 Å². The van der Waals surface area contributed by atoms with Crippen molar-refractivity contribution in [1.29, 1.82) is 0 Å². The SMILES string of the molecule is COc1ccc(C(CN(C)C)C2(O)CCCCC2)cc1.[LiH]. The van der Waals surface area contributed by atoms with Gasteiger partial charge in [0, 0.05) is 12.5 Å². The first-order valence-electron chi connectivity index (χ1n) is 7.56. The molecule has 1 saturated carbocycles. The number of benzene rings is 1. The molecule has 1 aromatic carbocycles. The Morgan fingerprint density at radius 2 is 1.71 bits per heavy atom. The zero-order valence-electron chi connectivity index (χ0n) is 12.9. The maximum absolute atomic E-state index is 11.1. The Hall–Kier alpha value is -0.463. The molecule has 0 bridgehead atoms. The Morgan fingerprint density at radius 1 is 1.14 bits per heavy atom. The zero-order valence-corrected chi connectivity index (χ0v) is 12.9. The van der Waals surface area contributed by atoms with Crippen LogP contribution in [0, 0.1) is 0 Å². The first-order valence-corrected chi connectivity index (χ1v) is 7.56. The third kappa shape index (κ3) is 4.76. The number of hydrogen-bond acceptors (Lipinski definition) is 3. The van der Waals surface area contributed by atoms with Crippen LogP contribution < -0.4 is 4.74 Å². The maximum atomic E-state index is 11.1. The molecular formula is C17H28LiNO2. The van der Waals surface area contributed by atoms with Crippen LogP contribution in [0.3, 0.4) is 0 Å². The van der Waals surface area contributed by atoms with Crippen LogP contribution >= 0.6 is 0 Å². The molecular weight excluding hydrogens is 257 g/mol. The van der Waals surface area contributed by atoms with E-state index >= 15 is 0 Å². The standard InChI is InChI=1S/C17H27NO2.Li.H/c1-18(2)13-16(17(19)11-5-4-6-12-17)14-7-9-15(20-3)10-8-14;;/h7-10,16,19H,4-6,11-13H2,1-3H3;;. The minimum absolute atomic E-state index is 0. The van der Waals surface area contributed by atoms with Gasteiger partial charge in [0.2, 0.25) is 0 Å². The number of rotatable bonds is 5. The molecule has 2 rings (SSSR count). The third-order valence-electron chi connectivity index (χ3n) is 4.43. The van der Waals surface area contributed by atoms with Crippen LogP contribution in [0.25, 0.3) is 0 Å². The van der Waals surface area contributed by atoms with Gasteiger partial charge in [-0.2, -0.15) is 0 Å². The van der Waals surface area contributed by atoms with Gasteiger partial charge in [-0.05, 0) is 44.6 Å². The fourth-order valence-corrected chi connectivity index (χ4v) is 3.30. The van der Waals surface area contributed by atoms with Crippen molar-refractivity contribution < 1.29 is 9.84 Å². The van der Waals surface area contributed by atoms with Gasteiger partial charge >= 0.3 is 18.9 Å². The summed E-state index contributed by atoms with van der Waals surface area (Å²) in [5, 5.41) is 11.1. The second-order valence-corrected chi connectivity index (χ2v) is 6.25. The van der Waals surface area contributed by atoms with Gasteiger partial charge < -0.3 is 14.7 Å². The summed E-state index contributed by atoms with van der Waals surface area (Å²) in [5.41, 5.74) is 0.654. The predicted octanol–water partition coefficient (Wildman–Crippen LogP) is 2.39. The summed E-state index contributed by atoms with van der Waals surface area (Å²) in [7, 11) is 5.83.